The summed E-state index contributed by atoms with van der Waals surface area (Å²) >= 11 is 0. The maximum Gasteiger partial charge on any atom is 0.326 e. The van der Waals surface area contributed by atoms with Crippen LogP contribution in [0.5, 0.6) is 5.75 Å². The third-order valence-electron chi connectivity index (χ3n) is 10.6. The van der Waals surface area contributed by atoms with E-state index in [2.05, 4.69) is 31.6 Å². The Hall–Kier alpha value is -5.39. The maximum atomic E-state index is 14.3. The number of aromatic hydroxyl groups is 1. The highest BCUT2D eigenvalue weighted by molar-refractivity contribution is 5.96. The molecule has 1 aromatic rings. The number of hydrogen-bond donors (Lipinski definition) is 10. The molecule has 1 heterocycles. The molecule has 7 atom stereocenters. The average Bonchev–Trinajstić information content (AvgIpc) is 3.70. The van der Waals surface area contributed by atoms with Gasteiger partial charge in [0, 0.05) is 31.8 Å². The number of carboxylic acids is 1. The lowest BCUT2D eigenvalue weighted by Gasteiger charge is -2.31. The smallest absolute Gasteiger partial charge is 0.326 e. The largest absolute Gasteiger partial charge is 0.508 e. The predicted molar refractivity (Wildman–Crippen MR) is 230 cm³/mol. The van der Waals surface area contributed by atoms with Crippen molar-refractivity contribution >= 4 is 41.5 Å². The van der Waals surface area contributed by atoms with Crippen LogP contribution in [0.4, 0.5) is 0 Å². The van der Waals surface area contributed by atoms with E-state index in [4.69, 9.17) is 17.2 Å². The van der Waals surface area contributed by atoms with Crippen molar-refractivity contribution in [1.29, 1.82) is 0 Å². The number of guanidine groups is 1. The van der Waals surface area contributed by atoms with Crippen LogP contribution in [-0.2, 0) is 35.2 Å². The van der Waals surface area contributed by atoms with Crippen LogP contribution in [0.3, 0.4) is 0 Å². The van der Waals surface area contributed by atoms with Crippen LogP contribution in [-0.4, -0.2) is 112 Å². The number of nitrogens with two attached hydrogens (primary N) is 3. The molecule has 5 amide bonds. The third kappa shape index (κ3) is 17.1. The van der Waals surface area contributed by atoms with Gasteiger partial charge in [0.05, 0.1) is 6.04 Å². The van der Waals surface area contributed by atoms with Gasteiger partial charge in [-0.1, -0.05) is 59.2 Å². The number of benzene rings is 1. The zero-order valence-electron chi connectivity index (χ0n) is 36.2. The van der Waals surface area contributed by atoms with Crippen LogP contribution in [0.15, 0.2) is 41.0 Å². The lowest BCUT2D eigenvalue weighted by molar-refractivity contribution is -0.143. The number of amides is 5. The number of carboxylic acid groups (broad SMARTS) is 1. The Kier molecular flexibility index (Phi) is 22.0. The Labute approximate surface area is 354 Å². The number of phenols is 1. The summed E-state index contributed by atoms with van der Waals surface area (Å²) in [7, 11) is 0. The molecule has 336 valence electrons. The van der Waals surface area contributed by atoms with E-state index in [1.807, 2.05) is 40.7 Å². The predicted octanol–water partition coefficient (Wildman–Crippen LogP) is 1.11. The molecule has 1 saturated heterocycles. The molecule has 1 aliphatic rings. The summed E-state index contributed by atoms with van der Waals surface area (Å²) < 4.78 is 0. The monoisotopic (exact) mass is 843 g/mol. The number of likely N-dealkylation sites (tertiary alicyclic amines) is 1. The van der Waals surface area contributed by atoms with Crippen LogP contribution in [0.2, 0.25) is 0 Å². The lowest BCUT2D eigenvalue weighted by atomic mass is 9.96. The summed E-state index contributed by atoms with van der Waals surface area (Å²) in [5.74, 6) is -4.64. The van der Waals surface area contributed by atoms with E-state index in [-0.39, 0.29) is 56.4 Å². The van der Waals surface area contributed by atoms with E-state index >= 15 is 0 Å². The van der Waals surface area contributed by atoms with Crippen LogP contribution in [0.25, 0.3) is 0 Å². The van der Waals surface area contributed by atoms with Gasteiger partial charge < -0.3 is 58.9 Å². The van der Waals surface area contributed by atoms with Crippen molar-refractivity contribution < 1.29 is 39.0 Å². The van der Waals surface area contributed by atoms with E-state index in [0.717, 1.165) is 12.1 Å². The number of phenolic OH excluding ortho intramolecular Hbond substituents is 1. The Bertz CT molecular complexity index is 1630. The minimum absolute atomic E-state index is 0.00347. The molecule has 0 bridgehead atoms. The van der Waals surface area contributed by atoms with Gasteiger partial charge in [-0.15, -0.1) is 0 Å². The molecule has 60 heavy (non-hydrogen) atoms. The molecule has 0 saturated carbocycles. The lowest BCUT2D eigenvalue weighted by Crippen LogP contribution is -2.60. The maximum absolute atomic E-state index is 14.3. The van der Waals surface area contributed by atoms with E-state index in [1.54, 1.807) is 19.1 Å². The molecule has 0 aromatic heterocycles. The van der Waals surface area contributed by atoms with E-state index in [0.29, 0.717) is 44.2 Å². The molecule has 1 aromatic carbocycles. The number of carbonyl (C=O) groups excluding carboxylic acids is 5. The first-order valence-electron chi connectivity index (χ1n) is 21.1. The first kappa shape index (κ1) is 50.8. The molecule has 1 unspecified atom stereocenters. The van der Waals surface area contributed by atoms with Gasteiger partial charge in [-0.05, 0) is 87.8 Å². The highest BCUT2D eigenvalue weighted by Gasteiger charge is 2.40. The molecule has 1 fully saturated rings. The van der Waals surface area contributed by atoms with Gasteiger partial charge >= 0.3 is 5.97 Å². The molecule has 1 aliphatic heterocycles. The summed E-state index contributed by atoms with van der Waals surface area (Å²) in [6.07, 6.45) is 5.66. The van der Waals surface area contributed by atoms with Crippen molar-refractivity contribution in [2.75, 3.05) is 19.6 Å². The van der Waals surface area contributed by atoms with Crippen molar-refractivity contribution in [3.8, 4) is 5.75 Å². The number of aliphatic carboxylic acids is 1. The van der Waals surface area contributed by atoms with Gasteiger partial charge in [0.1, 0.15) is 36.0 Å². The third-order valence-corrected chi connectivity index (χ3v) is 10.6. The topological polar surface area (TPSA) is 297 Å². The number of carbonyl (C=O) groups is 6. The van der Waals surface area contributed by atoms with Crippen molar-refractivity contribution in [2.24, 2.45) is 34.0 Å². The summed E-state index contributed by atoms with van der Waals surface area (Å²) in [5.41, 5.74) is 18.6. The van der Waals surface area contributed by atoms with E-state index in [9.17, 15) is 39.0 Å². The van der Waals surface area contributed by atoms with Gasteiger partial charge in [0.2, 0.25) is 29.5 Å². The molecule has 0 aliphatic carbocycles. The Balaban J connectivity index is 2.37. The second-order valence-electron chi connectivity index (χ2n) is 15.9. The van der Waals surface area contributed by atoms with Gasteiger partial charge in [0.15, 0.2) is 5.96 Å². The zero-order chi connectivity index (χ0) is 44.9. The molecule has 0 radical (unpaired) electrons. The summed E-state index contributed by atoms with van der Waals surface area (Å²) in [5, 5.41) is 34.0. The van der Waals surface area contributed by atoms with Crippen molar-refractivity contribution in [3.63, 3.8) is 0 Å². The highest BCUT2D eigenvalue weighted by atomic mass is 16.4. The van der Waals surface area contributed by atoms with Gasteiger partial charge in [-0.2, -0.15) is 0 Å². The first-order valence-corrected chi connectivity index (χ1v) is 21.1. The fourth-order valence-corrected chi connectivity index (χ4v) is 6.93. The van der Waals surface area contributed by atoms with Gasteiger partial charge in [0.25, 0.3) is 0 Å². The normalized spacial score (nSPS) is 17.0. The zero-order valence-corrected chi connectivity index (χ0v) is 36.2. The van der Waals surface area contributed by atoms with Gasteiger partial charge in [-0.3, -0.25) is 29.0 Å². The molecule has 18 heteroatoms. The second kappa shape index (κ2) is 26.0. The average molecular weight is 843 g/mol. The molecule has 2 rings (SSSR count). The number of nitrogens with zero attached hydrogens (tertiary/aromatic N) is 2. The number of nitrogens with one attached hydrogen (secondary N) is 5. The molecular weight excluding hydrogens is 773 g/mol. The Morgan fingerprint density at radius 3 is 2.15 bits per heavy atom. The fraction of sp³-hybridized carbons (Fsp3) is 0.643. The second-order valence-corrected chi connectivity index (χ2v) is 15.9. The number of hydrogen-bond acceptors (Lipinski definition) is 10. The molecule has 0 spiro atoms. The van der Waals surface area contributed by atoms with Crippen LogP contribution in [0.1, 0.15) is 105 Å². The Morgan fingerprint density at radius 2 is 1.57 bits per heavy atom. The minimum Gasteiger partial charge on any atom is -0.508 e. The van der Waals surface area contributed by atoms with Gasteiger partial charge in [-0.25, -0.2) is 4.79 Å². The summed E-state index contributed by atoms with van der Waals surface area (Å²) in [6.45, 7) is 12.3. The van der Waals surface area contributed by atoms with Crippen LogP contribution < -0.4 is 43.8 Å². The highest BCUT2D eigenvalue weighted by Crippen LogP contribution is 2.21. The summed E-state index contributed by atoms with van der Waals surface area (Å²) in [6, 6.07) is -0.351. The standard InChI is InChI=1S/C42H70N10O8/c1-7-26(6)35(39(57)50-33(41(59)60)23-25(4)5)51-37(55)32(24-27-16-18-29(53)19-17-27)49-38(56)34-15-12-22-52(34)40(58)31(14-11-20-46-28(8-2)9-3)48-36(54)30(43)13-10-21-47-42(44)45/h8,16-19,25-26,30-35,46,53H,7,9-15,20-24,43H2,1-6H3,(H,48,54)(H,49,56)(H,50,57)(H,51,55)(H,59,60)(H4,44,45,47)/b28-8-/t26?,30-,31-,32-,33-,34-,35-/m0/s1. The SMILES string of the molecule is C/C=C(/CC)NCCC[C@H](NC(=O)[C@@H](N)CCCN=C(N)N)C(=O)N1CCC[C@H]1C(=O)N[C@@H](Cc1ccc(O)cc1)C(=O)N[C@H](C(=O)N[C@@H](CC(C)C)C(=O)O)C(C)CC. The van der Waals surface area contributed by atoms with E-state index < -0.39 is 77.7 Å². The number of allylic oxidation sites excluding steroid dienone is 2. The number of aliphatic imine (C=N–C) groups is 1. The first-order chi connectivity index (χ1) is 28.4. The molecule has 13 N–H and O–H groups in total. The van der Waals surface area contributed by atoms with Crippen molar-refractivity contribution in [1.82, 2.24) is 31.5 Å². The molecular formula is C42H70N10O8. The van der Waals surface area contributed by atoms with E-state index in [1.165, 1.54) is 17.0 Å². The minimum atomic E-state index is -1.23. The molecule has 18 nitrogen and oxygen atoms in total. The van der Waals surface area contributed by atoms with Crippen LogP contribution in [0, 0.1) is 11.8 Å². The van der Waals surface area contributed by atoms with Crippen LogP contribution >= 0.6 is 0 Å². The number of rotatable bonds is 26. The van der Waals surface area contributed by atoms with Crippen molar-refractivity contribution in [2.45, 2.75) is 142 Å². The fourth-order valence-electron chi connectivity index (χ4n) is 6.93. The Morgan fingerprint density at radius 1 is 0.900 bits per heavy atom. The quantitative estimate of drug-likeness (QED) is 0.0357. The summed E-state index contributed by atoms with van der Waals surface area (Å²) in [4.78, 5) is 86.8. The van der Waals surface area contributed by atoms with Crippen molar-refractivity contribution in [3.05, 3.63) is 41.6 Å².